The lowest BCUT2D eigenvalue weighted by molar-refractivity contribution is -0.142. The Morgan fingerprint density at radius 2 is 2.05 bits per heavy atom. The first kappa shape index (κ1) is 15.4. The van der Waals surface area contributed by atoms with Crippen LogP contribution in [0.1, 0.15) is 33.6 Å². The molecule has 0 heterocycles. The molecule has 0 radical (unpaired) electrons. The monoisotopic (exact) mass is 266 g/mol. The van der Waals surface area contributed by atoms with Gasteiger partial charge in [-0.15, -0.1) is 6.42 Å². The molecule has 1 rings (SSSR count). The molecular weight excluding hydrogens is 244 g/mol. The molecule has 2 N–H and O–H groups in total. The number of terminal acetylenes is 1. The van der Waals surface area contributed by atoms with Crippen molar-refractivity contribution in [1.82, 2.24) is 10.2 Å². The third-order valence-corrected chi connectivity index (χ3v) is 3.13. The number of carboxylic acids is 1. The van der Waals surface area contributed by atoms with Gasteiger partial charge >= 0.3 is 12.0 Å². The molecule has 0 aliphatic heterocycles. The smallest absolute Gasteiger partial charge is 0.326 e. The van der Waals surface area contributed by atoms with E-state index in [1.807, 2.05) is 0 Å². The summed E-state index contributed by atoms with van der Waals surface area (Å²) in [5, 5.41) is 11.8. The minimum absolute atomic E-state index is 0.207. The first-order valence-corrected chi connectivity index (χ1v) is 6.47. The van der Waals surface area contributed by atoms with E-state index in [1.54, 1.807) is 20.8 Å². The number of aliphatic carboxylic acids is 1. The van der Waals surface area contributed by atoms with E-state index in [1.165, 1.54) is 4.90 Å². The van der Waals surface area contributed by atoms with Crippen molar-refractivity contribution in [3.63, 3.8) is 0 Å². The van der Waals surface area contributed by atoms with Crippen LogP contribution in [0, 0.1) is 23.7 Å². The van der Waals surface area contributed by atoms with Gasteiger partial charge in [0.15, 0.2) is 0 Å². The Morgan fingerprint density at radius 1 is 1.47 bits per heavy atom. The number of nitrogens with zero attached hydrogens (tertiary/aromatic N) is 1. The van der Waals surface area contributed by atoms with Gasteiger partial charge in [0.25, 0.3) is 0 Å². The zero-order chi connectivity index (χ0) is 14.6. The molecule has 1 fully saturated rings. The Morgan fingerprint density at radius 3 is 2.42 bits per heavy atom. The highest BCUT2D eigenvalue weighted by Gasteiger charge is 2.34. The summed E-state index contributed by atoms with van der Waals surface area (Å²) in [7, 11) is 0. The van der Waals surface area contributed by atoms with Crippen LogP contribution in [0.3, 0.4) is 0 Å². The second-order valence-electron chi connectivity index (χ2n) is 6.11. The van der Waals surface area contributed by atoms with E-state index in [4.69, 9.17) is 6.42 Å². The van der Waals surface area contributed by atoms with Gasteiger partial charge in [-0.2, -0.15) is 0 Å². The predicted molar refractivity (Wildman–Crippen MR) is 72.5 cm³/mol. The van der Waals surface area contributed by atoms with Crippen LogP contribution in [0.5, 0.6) is 0 Å². The topological polar surface area (TPSA) is 69.6 Å². The molecule has 1 unspecified atom stereocenters. The number of hydrogen-bond acceptors (Lipinski definition) is 2. The molecule has 0 aromatic rings. The molecule has 2 amide bonds. The molecule has 5 nitrogen and oxygen atoms in total. The van der Waals surface area contributed by atoms with Crippen molar-refractivity contribution in [1.29, 1.82) is 0 Å². The molecule has 0 aromatic heterocycles. The number of carbonyl (C=O) groups excluding carboxylic acids is 1. The predicted octanol–water partition coefficient (Wildman–Crippen LogP) is 1.54. The number of carboxylic acid groups (broad SMARTS) is 1. The Bertz CT molecular complexity index is 388. The second kappa shape index (κ2) is 5.96. The molecule has 19 heavy (non-hydrogen) atoms. The number of amides is 2. The van der Waals surface area contributed by atoms with Crippen molar-refractivity contribution in [3.8, 4) is 12.3 Å². The number of rotatable bonds is 5. The Labute approximate surface area is 114 Å². The number of hydrogen-bond donors (Lipinski definition) is 2. The van der Waals surface area contributed by atoms with Gasteiger partial charge in [-0.25, -0.2) is 9.59 Å². The van der Waals surface area contributed by atoms with Crippen LogP contribution < -0.4 is 5.32 Å². The van der Waals surface area contributed by atoms with E-state index in [-0.39, 0.29) is 6.54 Å². The molecule has 0 spiro atoms. The highest BCUT2D eigenvalue weighted by molar-refractivity contribution is 5.83. The van der Waals surface area contributed by atoms with Crippen molar-refractivity contribution < 1.29 is 14.7 Å². The number of urea groups is 1. The van der Waals surface area contributed by atoms with Crippen LogP contribution in [0.15, 0.2) is 0 Å². The Kier molecular flexibility index (Phi) is 4.82. The molecule has 0 aromatic carbocycles. The fourth-order valence-electron chi connectivity index (χ4n) is 1.80. The van der Waals surface area contributed by atoms with Gasteiger partial charge in [0.2, 0.25) is 0 Å². The maximum atomic E-state index is 12.1. The average molecular weight is 266 g/mol. The second-order valence-corrected chi connectivity index (χ2v) is 6.11. The summed E-state index contributed by atoms with van der Waals surface area (Å²) in [4.78, 5) is 24.9. The first-order valence-electron chi connectivity index (χ1n) is 6.47. The van der Waals surface area contributed by atoms with Gasteiger partial charge in [0.1, 0.15) is 6.04 Å². The van der Waals surface area contributed by atoms with Gasteiger partial charge in [-0.3, -0.25) is 0 Å². The lowest BCUT2D eigenvalue weighted by Gasteiger charge is -2.30. The van der Waals surface area contributed by atoms with Crippen LogP contribution in [-0.4, -0.2) is 41.1 Å². The first-order chi connectivity index (χ1) is 8.75. The summed E-state index contributed by atoms with van der Waals surface area (Å²) in [5.74, 6) is 1.92. The van der Waals surface area contributed by atoms with Crippen LogP contribution in [0.4, 0.5) is 4.79 Å². The Hall–Kier alpha value is -1.70. The number of nitrogens with one attached hydrogen (secondary N) is 1. The fraction of sp³-hybridized carbons (Fsp3) is 0.714. The van der Waals surface area contributed by atoms with Crippen LogP contribution in [-0.2, 0) is 4.79 Å². The summed E-state index contributed by atoms with van der Waals surface area (Å²) in [5.41, 5.74) is -0.553. The maximum Gasteiger partial charge on any atom is 0.326 e. The summed E-state index contributed by atoms with van der Waals surface area (Å²) in [6, 6.07) is -1.33. The third-order valence-electron chi connectivity index (χ3n) is 3.13. The number of carbonyl (C=O) groups is 2. The molecule has 1 aliphatic carbocycles. The molecule has 0 bridgehead atoms. The van der Waals surface area contributed by atoms with E-state index in [9.17, 15) is 14.7 Å². The largest absolute Gasteiger partial charge is 0.480 e. The molecule has 0 saturated heterocycles. The van der Waals surface area contributed by atoms with E-state index in [2.05, 4.69) is 11.2 Å². The van der Waals surface area contributed by atoms with Crippen LogP contribution in [0.25, 0.3) is 0 Å². The highest BCUT2D eigenvalue weighted by atomic mass is 16.4. The van der Waals surface area contributed by atoms with Crippen molar-refractivity contribution in [2.75, 3.05) is 13.1 Å². The van der Waals surface area contributed by atoms with Gasteiger partial charge < -0.3 is 15.3 Å². The fourth-order valence-corrected chi connectivity index (χ4v) is 1.80. The molecule has 1 atom stereocenters. The molecule has 5 heteroatoms. The maximum absolute atomic E-state index is 12.1. The zero-order valence-corrected chi connectivity index (χ0v) is 11.8. The van der Waals surface area contributed by atoms with Crippen molar-refractivity contribution in [3.05, 3.63) is 0 Å². The Balaban J connectivity index is 2.67. The average Bonchev–Trinajstić information content (AvgIpc) is 3.06. The van der Waals surface area contributed by atoms with E-state index < -0.39 is 23.5 Å². The minimum atomic E-state index is -1.03. The summed E-state index contributed by atoms with van der Waals surface area (Å²) < 4.78 is 0. The summed E-state index contributed by atoms with van der Waals surface area (Å²) in [6.07, 6.45) is 7.47. The zero-order valence-electron chi connectivity index (χ0n) is 11.8. The van der Waals surface area contributed by atoms with Gasteiger partial charge in [-0.05, 0) is 24.2 Å². The minimum Gasteiger partial charge on any atom is -0.480 e. The quantitative estimate of drug-likeness (QED) is 0.742. The highest BCUT2D eigenvalue weighted by Crippen LogP contribution is 2.29. The summed E-state index contributed by atoms with van der Waals surface area (Å²) in [6.45, 7) is 6.14. The van der Waals surface area contributed by atoms with Crippen LogP contribution in [0.2, 0.25) is 0 Å². The van der Waals surface area contributed by atoms with E-state index in [0.717, 1.165) is 12.8 Å². The van der Waals surface area contributed by atoms with E-state index in [0.29, 0.717) is 12.5 Å². The van der Waals surface area contributed by atoms with Gasteiger partial charge in [-0.1, -0.05) is 26.7 Å². The van der Waals surface area contributed by atoms with Crippen LogP contribution >= 0.6 is 0 Å². The van der Waals surface area contributed by atoms with Crippen molar-refractivity contribution in [2.45, 2.75) is 39.7 Å². The lowest BCUT2D eigenvalue weighted by Crippen LogP contribution is -2.53. The SMILES string of the molecule is C#CCN(CC1CC1)C(=O)NC(C(=O)O)C(C)(C)C. The van der Waals surface area contributed by atoms with Crippen molar-refractivity contribution >= 4 is 12.0 Å². The standard InChI is InChI=1S/C14H22N2O3/c1-5-8-16(9-10-6-7-10)13(19)15-11(12(17)18)14(2,3)4/h1,10-11H,6-9H2,2-4H3,(H,15,19)(H,17,18). The summed E-state index contributed by atoms with van der Waals surface area (Å²) >= 11 is 0. The van der Waals surface area contributed by atoms with Gasteiger partial charge in [0, 0.05) is 6.54 Å². The lowest BCUT2D eigenvalue weighted by atomic mass is 9.87. The molecule has 1 aliphatic rings. The molecule has 1 saturated carbocycles. The third kappa shape index (κ3) is 4.82. The normalized spacial score (nSPS) is 16.3. The van der Waals surface area contributed by atoms with Gasteiger partial charge in [0.05, 0.1) is 6.54 Å². The van der Waals surface area contributed by atoms with Crippen molar-refractivity contribution in [2.24, 2.45) is 11.3 Å². The van der Waals surface area contributed by atoms with E-state index >= 15 is 0 Å². The molecular formula is C14H22N2O3. The molecule has 106 valence electrons.